The average molecular weight is 264 g/mol. The van der Waals surface area contributed by atoms with E-state index in [0.29, 0.717) is 12.2 Å². The van der Waals surface area contributed by atoms with Gasteiger partial charge in [0.05, 0.1) is 11.5 Å². The molecule has 1 aromatic rings. The highest BCUT2D eigenvalue weighted by molar-refractivity contribution is 5.44. The molecule has 1 aliphatic heterocycles. The van der Waals surface area contributed by atoms with Gasteiger partial charge in [0.15, 0.2) is 0 Å². The summed E-state index contributed by atoms with van der Waals surface area (Å²) in [6.45, 7) is 4.61. The quantitative estimate of drug-likeness (QED) is 0.656. The molecule has 0 spiro atoms. The zero-order valence-electron chi connectivity index (χ0n) is 11.2. The number of benzene rings is 1. The van der Waals surface area contributed by atoms with E-state index in [-0.39, 0.29) is 10.6 Å². The van der Waals surface area contributed by atoms with Crippen LogP contribution in [0.5, 0.6) is 5.75 Å². The number of nitro benzene ring substituents is 1. The van der Waals surface area contributed by atoms with Crippen LogP contribution in [0.1, 0.15) is 24.8 Å². The van der Waals surface area contributed by atoms with Gasteiger partial charge in [-0.05, 0) is 57.3 Å². The van der Waals surface area contributed by atoms with E-state index in [1.165, 1.54) is 18.9 Å². The number of rotatable bonds is 5. The van der Waals surface area contributed by atoms with Crippen molar-refractivity contribution in [2.24, 2.45) is 5.92 Å². The van der Waals surface area contributed by atoms with Gasteiger partial charge in [-0.3, -0.25) is 10.1 Å². The lowest BCUT2D eigenvalue weighted by atomic mass is 9.95. The number of aryl methyl sites for hydroxylation is 1. The molecular weight excluding hydrogens is 244 g/mol. The Kier molecular flexibility index (Phi) is 4.74. The van der Waals surface area contributed by atoms with Crippen LogP contribution in [0.3, 0.4) is 0 Å². The van der Waals surface area contributed by atoms with E-state index in [1.54, 1.807) is 19.1 Å². The second-order valence-corrected chi connectivity index (χ2v) is 5.04. The van der Waals surface area contributed by atoms with Crippen molar-refractivity contribution in [3.63, 3.8) is 0 Å². The molecule has 1 aromatic carbocycles. The zero-order valence-corrected chi connectivity index (χ0v) is 11.2. The molecule has 1 fully saturated rings. The number of nitrogens with zero attached hydrogens (tertiary/aromatic N) is 1. The molecule has 1 aliphatic rings. The van der Waals surface area contributed by atoms with Crippen molar-refractivity contribution in [1.82, 2.24) is 5.32 Å². The first-order valence-corrected chi connectivity index (χ1v) is 6.75. The van der Waals surface area contributed by atoms with Crippen LogP contribution in [0.4, 0.5) is 5.69 Å². The summed E-state index contributed by atoms with van der Waals surface area (Å²) < 4.78 is 5.68. The summed E-state index contributed by atoms with van der Waals surface area (Å²) in [7, 11) is 0. The smallest absolute Gasteiger partial charge is 0.272 e. The predicted octanol–water partition coefficient (Wildman–Crippen LogP) is 2.67. The van der Waals surface area contributed by atoms with Crippen LogP contribution in [0, 0.1) is 23.0 Å². The topological polar surface area (TPSA) is 64.4 Å². The maximum atomic E-state index is 10.7. The summed E-state index contributed by atoms with van der Waals surface area (Å²) in [6.07, 6.45) is 3.48. The minimum Gasteiger partial charge on any atom is -0.494 e. The molecule has 0 amide bonds. The van der Waals surface area contributed by atoms with Crippen molar-refractivity contribution in [1.29, 1.82) is 0 Å². The lowest BCUT2D eigenvalue weighted by Crippen LogP contribution is -2.28. The van der Waals surface area contributed by atoms with Gasteiger partial charge in [-0.15, -0.1) is 0 Å². The average Bonchev–Trinajstić information content (AvgIpc) is 2.39. The largest absolute Gasteiger partial charge is 0.494 e. The van der Waals surface area contributed by atoms with Gasteiger partial charge in [-0.2, -0.15) is 0 Å². The van der Waals surface area contributed by atoms with Crippen molar-refractivity contribution in [3.8, 4) is 5.75 Å². The second kappa shape index (κ2) is 6.52. The molecule has 0 unspecified atom stereocenters. The maximum absolute atomic E-state index is 10.7. The van der Waals surface area contributed by atoms with Crippen molar-refractivity contribution in [3.05, 3.63) is 33.9 Å². The van der Waals surface area contributed by atoms with Crippen LogP contribution in [0.15, 0.2) is 18.2 Å². The Morgan fingerprint density at radius 3 is 2.79 bits per heavy atom. The van der Waals surface area contributed by atoms with Crippen LogP contribution >= 0.6 is 0 Å². The second-order valence-electron chi connectivity index (χ2n) is 5.04. The Labute approximate surface area is 113 Å². The summed E-state index contributed by atoms with van der Waals surface area (Å²) in [5, 5.41) is 14.1. The number of hydrogen-bond acceptors (Lipinski definition) is 4. The summed E-state index contributed by atoms with van der Waals surface area (Å²) >= 11 is 0. The molecule has 5 nitrogen and oxygen atoms in total. The highest BCUT2D eigenvalue weighted by Crippen LogP contribution is 2.24. The molecule has 1 saturated heterocycles. The fraction of sp³-hybridized carbons (Fsp3) is 0.571. The van der Waals surface area contributed by atoms with Crippen LogP contribution in [0.2, 0.25) is 0 Å². The van der Waals surface area contributed by atoms with E-state index in [0.717, 1.165) is 31.2 Å². The monoisotopic (exact) mass is 264 g/mol. The zero-order chi connectivity index (χ0) is 13.7. The van der Waals surface area contributed by atoms with Crippen molar-refractivity contribution in [2.45, 2.75) is 26.2 Å². The molecule has 0 saturated carbocycles. The molecule has 1 heterocycles. The molecule has 0 aliphatic carbocycles. The number of nitrogens with one attached hydrogen (secondary N) is 1. The fourth-order valence-corrected chi connectivity index (χ4v) is 2.44. The minimum absolute atomic E-state index is 0.144. The van der Waals surface area contributed by atoms with E-state index in [4.69, 9.17) is 4.74 Å². The molecule has 2 rings (SSSR count). The molecule has 0 atom stereocenters. The normalized spacial score (nSPS) is 16.3. The molecule has 0 radical (unpaired) electrons. The molecule has 1 N–H and O–H groups in total. The predicted molar refractivity (Wildman–Crippen MR) is 73.5 cm³/mol. The third-order valence-electron chi connectivity index (χ3n) is 3.62. The van der Waals surface area contributed by atoms with E-state index >= 15 is 0 Å². The van der Waals surface area contributed by atoms with E-state index in [2.05, 4.69) is 5.32 Å². The molecule has 19 heavy (non-hydrogen) atoms. The number of ether oxygens (including phenoxy) is 1. The molecule has 5 heteroatoms. The first-order valence-electron chi connectivity index (χ1n) is 6.75. The lowest BCUT2D eigenvalue weighted by molar-refractivity contribution is -0.385. The first-order chi connectivity index (χ1) is 9.16. The Bertz CT molecular complexity index is 442. The third kappa shape index (κ3) is 3.92. The van der Waals surface area contributed by atoms with Crippen molar-refractivity contribution >= 4 is 5.69 Å². The van der Waals surface area contributed by atoms with Crippen LogP contribution in [-0.2, 0) is 0 Å². The Morgan fingerprint density at radius 2 is 2.16 bits per heavy atom. The summed E-state index contributed by atoms with van der Waals surface area (Å²) in [6, 6.07) is 4.92. The van der Waals surface area contributed by atoms with Gasteiger partial charge in [-0.1, -0.05) is 0 Å². The van der Waals surface area contributed by atoms with Gasteiger partial charge in [0.25, 0.3) is 5.69 Å². The summed E-state index contributed by atoms with van der Waals surface area (Å²) in [5.74, 6) is 1.46. The SMILES string of the molecule is Cc1cc(OCCC2CCNCC2)ccc1[N+](=O)[O-]. The maximum Gasteiger partial charge on any atom is 0.272 e. The standard InChI is InChI=1S/C14H20N2O3/c1-11-10-13(2-3-14(11)16(17)18)19-9-6-12-4-7-15-8-5-12/h2-3,10,12,15H,4-9H2,1H3. The van der Waals surface area contributed by atoms with Gasteiger partial charge in [0.1, 0.15) is 5.75 Å². The molecule has 104 valence electrons. The Balaban J connectivity index is 1.82. The van der Waals surface area contributed by atoms with Gasteiger partial charge in [0.2, 0.25) is 0 Å². The number of hydrogen-bond donors (Lipinski definition) is 1. The Morgan fingerprint density at radius 1 is 1.42 bits per heavy atom. The van der Waals surface area contributed by atoms with Gasteiger partial charge < -0.3 is 10.1 Å². The molecule has 0 aromatic heterocycles. The number of nitro groups is 1. The minimum atomic E-state index is -0.367. The van der Waals surface area contributed by atoms with Crippen LogP contribution < -0.4 is 10.1 Å². The van der Waals surface area contributed by atoms with Crippen molar-refractivity contribution in [2.75, 3.05) is 19.7 Å². The Hall–Kier alpha value is -1.62. The molecular formula is C14H20N2O3. The van der Waals surface area contributed by atoms with Crippen LogP contribution in [-0.4, -0.2) is 24.6 Å². The fourth-order valence-electron chi connectivity index (χ4n) is 2.44. The van der Waals surface area contributed by atoms with Crippen LogP contribution in [0.25, 0.3) is 0 Å². The van der Waals surface area contributed by atoms with E-state index in [1.807, 2.05) is 0 Å². The van der Waals surface area contributed by atoms with Crippen molar-refractivity contribution < 1.29 is 9.66 Å². The van der Waals surface area contributed by atoms with Gasteiger partial charge in [0, 0.05) is 11.6 Å². The summed E-state index contributed by atoms with van der Waals surface area (Å²) in [4.78, 5) is 10.3. The molecule has 0 bridgehead atoms. The van der Waals surface area contributed by atoms with E-state index in [9.17, 15) is 10.1 Å². The first kappa shape index (κ1) is 13.8. The summed E-state index contributed by atoms with van der Waals surface area (Å²) in [5.41, 5.74) is 0.787. The highest BCUT2D eigenvalue weighted by Gasteiger charge is 2.13. The number of piperidine rings is 1. The van der Waals surface area contributed by atoms with Gasteiger partial charge in [-0.25, -0.2) is 0 Å². The van der Waals surface area contributed by atoms with E-state index < -0.39 is 0 Å². The van der Waals surface area contributed by atoms with Gasteiger partial charge >= 0.3 is 0 Å². The highest BCUT2D eigenvalue weighted by atomic mass is 16.6. The lowest BCUT2D eigenvalue weighted by Gasteiger charge is -2.22. The third-order valence-corrected chi connectivity index (χ3v) is 3.62.